The van der Waals surface area contributed by atoms with E-state index >= 15 is 0 Å². The van der Waals surface area contributed by atoms with E-state index in [0.717, 1.165) is 4.68 Å². The Bertz CT molecular complexity index is 2190. The summed E-state index contributed by atoms with van der Waals surface area (Å²) >= 11 is 12.5. The Morgan fingerprint density at radius 3 is 2.48 bits per heavy atom. The van der Waals surface area contributed by atoms with Crippen LogP contribution in [0.5, 0.6) is 5.75 Å². The van der Waals surface area contributed by atoms with Gasteiger partial charge in [-0.25, -0.2) is 4.98 Å². The highest BCUT2D eigenvalue weighted by molar-refractivity contribution is 6.32. The van der Waals surface area contributed by atoms with Gasteiger partial charge in [0, 0.05) is 34.2 Å². The van der Waals surface area contributed by atoms with Crippen LogP contribution in [0, 0.1) is 20.2 Å². The van der Waals surface area contributed by atoms with Crippen LogP contribution < -0.4 is 10.3 Å². The van der Waals surface area contributed by atoms with Crippen LogP contribution in [0.15, 0.2) is 99.2 Å². The molecule has 4 aromatic carbocycles. The summed E-state index contributed by atoms with van der Waals surface area (Å²) in [5.41, 5.74) is 0.639. The van der Waals surface area contributed by atoms with Gasteiger partial charge in [-0.1, -0.05) is 35.3 Å². The van der Waals surface area contributed by atoms with Crippen LogP contribution in [0.2, 0.25) is 10.0 Å². The van der Waals surface area contributed by atoms with Gasteiger partial charge in [0.2, 0.25) is 11.6 Å². The van der Waals surface area contributed by atoms with E-state index < -0.39 is 21.1 Å². The number of fused-ring (bicyclic) bond motifs is 2. The highest BCUT2D eigenvalue weighted by Crippen LogP contribution is 2.37. The highest BCUT2D eigenvalue weighted by Gasteiger charge is 2.22. The lowest BCUT2D eigenvalue weighted by Crippen LogP contribution is -2.20. The molecule has 6 rings (SSSR count). The number of furan rings is 1. The Morgan fingerprint density at radius 2 is 1.73 bits per heavy atom. The second-order valence-corrected chi connectivity index (χ2v) is 10.3. The molecule has 0 N–H and O–H groups in total. The number of hydrogen-bond acceptors (Lipinski definition) is 9. The SMILES string of the molecule is O=c1c2ccccc2nc(-c2cc3cc(Cl)ccc3o2)n1N=Cc1cc(Cl)c(OCc2ccc([N+](=O)[O-])cc2)c([N+](=O)[O-])c1. The number of non-ortho nitro benzene ring substituents is 1. The molecule has 12 nitrogen and oxygen atoms in total. The number of para-hydroxylation sites is 1. The van der Waals surface area contributed by atoms with Crippen molar-refractivity contribution in [2.24, 2.45) is 5.10 Å². The van der Waals surface area contributed by atoms with Gasteiger partial charge in [-0.15, -0.1) is 0 Å². The van der Waals surface area contributed by atoms with E-state index in [1.165, 1.54) is 42.6 Å². The predicted octanol–water partition coefficient (Wildman–Crippen LogP) is 7.39. The molecular formula is C30H17Cl2N5O7. The van der Waals surface area contributed by atoms with Crippen molar-refractivity contribution in [3.05, 3.63) is 137 Å². The molecule has 14 heteroatoms. The minimum absolute atomic E-state index is 0.0825. The third-order valence-corrected chi connectivity index (χ3v) is 7.06. The third-order valence-electron chi connectivity index (χ3n) is 6.55. The number of nitro groups is 2. The summed E-state index contributed by atoms with van der Waals surface area (Å²) in [5, 5.41) is 28.6. The Kier molecular flexibility index (Phi) is 7.51. The van der Waals surface area contributed by atoms with Crippen LogP contribution in [0.4, 0.5) is 11.4 Å². The monoisotopic (exact) mass is 629 g/mol. The standard InChI is InChI=1S/C30H17Cl2N5O7/c31-20-7-10-26-19(13-20)14-27(44-26)29-34-24-4-2-1-3-22(24)30(38)35(29)33-15-18-11-23(32)28(25(12-18)37(41)42)43-16-17-5-8-21(9-6-17)36(39)40/h1-15H,16H2. The molecule has 0 unspecified atom stereocenters. The first kappa shape index (κ1) is 28.5. The van der Waals surface area contributed by atoms with E-state index in [1.54, 1.807) is 48.5 Å². The number of ether oxygens (including phenoxy) is 1. The lowest BCUT2D eigenvalue weighted by Gasteiger charge is -2.10. The molecule has 0 saturated carbocycles. The van der Waals surface area contributed by atoms with Crippen molar-refractivity contribution in [2.75, 3.05) is 0 Å². The van der Waals surface area contributed by atoms with E-state index in [9.17, 15) is 25.0 Å². The van der Waals surface area contributed by atoms with Crippen LogP contribution in [0.3, 0.4) is 0 Å². The maximum atomic E-state index is 13.5. The van der Waals surface area contributed by atoms with Gasteiger partial charge in [-0.05, 0) is 60.2 Å². The maximum absolute atomic E-state index is 13.5. The molecule has 0 spiro atoms. The summed E-state index contributed by atoms with van der Waals surface area (Å²) in [5.74, 6) is 0.153. The zero-order chi connectivity index (χ0) is 31.0. The van der Waals surface area contributed by atoms with Crippen molar-refractivity contribution in [2.45, 2.75) is 6.61 Å². The zero-order valence-electron chi connectivity index (χ0n) is 22.2. The molecule has 2 aromatic heterocycles. The fraction of sp³-hybridized carbons (Fsp3) is 0.0333. The van der Waals surface area contributed by atoms with Gasteiger partial charge in [0.1, 0.15) is 12.2 Å². The normalized spacial score (nSPS) is 11.4. The largest absolute Gasteiger partial charge is 0.481 e. The van der Waals surface area contributed by atoms with Gasteiger partial charge in [0.15, 0.2) is 5.76 Å². The van der Waals surface area contributed by atoms with Crippen molar-refractivity contribution in [1.29, 1.82) is 0 Å². The summed E-state index contributed by atoms with van der Waals surface area (Å²) in [6, 6.07) is 21.6. The Hall–Kier alpha value is -5.59. The molecular weight excluding hydrogens is 613 g/mol. The average Bonchev–Trinajstić information content (AvgIpc) is 3.43. The number of halogens is 2. The molecule has 0 bridgehead atoms. The first-order valence-corrected chi connectivity index (χ1v) is 13.5. The number of nitro benzene ring substituents is 2. The highest BCUT2D eigenvalue weighted by atomic mass is 35.5. The van der Waals surface area contributed by atoms with Gasteiger partial charge in [-0.2, -0.15) is 9.78 Å². The first-order chi connectivity index (χ1) is 21.2. The molecule has 0 saturated heterocycles. The first-order valence-electron chi connectivity index (χ1n) is 12.8. The smallest absolute Gasteiger partial charge is 0.313 e. The Morgan fingerprint density at radius 1 is 0.955 bits per heavy atom. The van der Waals surface area contributed by atoms with Gasteiger partial charge in [-0.3, -0.25) is 25.0 Å². The molecule has 218 valence electrons. The molecule has 6 aromatic rings. The zero-order valence-corrected chi connectivity index (χ0v) is 23.7. The fourth-order valence-corrected chi connectivity index (χ4v) is 4.92. The van der Waals surface area contributed by atoms with Crippen LogP contribution in [-0.4, -0.2) is 25.7 Å². The van der Waals surface area contributed by atoms with Crippen molar-refractivity contribution >= 4 is 62.7 Å². The second kappa shape index (κ2) is 11.6. The van der Waals surface area contributed by atoms with Crippen molar-refractivity contribution in [3.63, 3.8) is 0 Å². The Labute approximate surface area is 256 Å². The lowest BCUT2D eigenvalue weighted by atomic mass is 10.2. The number of aromatic nitrogens is 2. The van der Waals surface area contributed by atoms with Crippen LogP contribution in [0.25, 0.3) is 33.5 Å². The molecule has 0 fully saturated rings. The molecule has 0 aliphatic carbocycles. The molecule has 0 aliphatic rings. The van der Waals surface area contributed by atoms with E-state index in [0.29, 0.717) is 32.5 Å². The number of hydrogen-bond donors (Lipinski definition) is 0. The van der Waals surface area contributed by atoms with Crippen molar-refractivity contribution < 1.29 is 19.0 Å². The molecule has 0 aliphatic heterocycles. The van der Waals surface area contributed by atoms with E-state index in [1.807, 2.05) is 0 Å². The molecule has 2 heterocycles. The summed E-state index contributed by atoms with van der Waals surface area (Å²) in [4.78, 5) is 39.8. The summed E-state index contributed by atoms with van der Waals surface area (Å²) in [7, 11) is 0. The molecule has 44 heavy (non-hydrogen) atoms. The average molecular weight is 630 g/mol. The number of rotatable bonds is 8. The van der Waals surface area contributed by atoms with Gasteiger partial charge in [0.05, 0.1) is 32.0 Å². The van der Waals surface area contributed by atoms with E-state index in [4.69, 9.17) is 32.4 Å². The maximum Gasteiger partial charge on any atom is 0.313 e. The van der Waals surface area contributed by atoms with Crippen molar-refractivity contribution in [3.8, 4) is 17.3 Å². The summed E-state index contributed by atoms with van der Waals surface area (Å²) < 4.78 is 12.6. The summed E-state index contributed by atoms with van der Waals surface area (Å²) in [6.45, 7) is -0.129. The summed E-state index contributed by atoms with van der Waals surface area (Å²) in [6.07, 6.45) is 1.24. The van der Waals surface area contributed by atoms with Crippen LogP contribution >= 0.6 is 23.2 Å². The van der Waals surface area contributed by atoms with Crippen molar-refractivity contribution in [1.82, 2.24) is 9.66 Å². The molecule has 0 radical (unpaired) electrons. The molecule has 0 amide bonds. The predicted molar refractivity (Wildman–Crippen MR) is 165 cm³/mol. The Balaban J connectivity index is 1.38. The number of benzene rings is 4. The van der Waals surface area contributed by atoms with Gasteiger partial charge >= 0.3 is 5.69 Å². The minimum atomic E-state index is -0.664. The third kappa shape index (κ3) is 5.59. The van der Waals surface area contributed by atoms with Crippen LogP contribution in [-0.2, 0) is 6.61 Å². The minimum Gasteiger partial charge on any atom is -0.481 e. The van der Waals surface area contributed by atoms with E-state index in [-0.39, 0.29) is 40.2 Å². The quantitative estimate of drug-likeness (QED) is 0.0957. The fourth-order valence-electron chi connectivity index (χ4n) is 4.46. The number of nitrogens with zero attached hydrogens (tertiary/aromatic N) is 5. The van der Waals surface area contributed by atoms with Gasteiger partial charge in [0.25, 0.3) is 11.2 Å². The lowest BCUT2D eigenvalue weighted by molar-refractivity contribution is -0.386. The van der Waals surface area contributed by atoms with Gasteiger partial charge < -0.3 is 9.15 Å². The van der Waals surface area contributed by atoms with Crippen LogP contribution in [0.1, 0.15) is 11.1 Å². The molecule has 0 atom stereocenters. The topological polar surface area (TPSA) is 156 Å². The van der Waals surface area contributed by atoms with E-state index in [2.05, 4.69) is 10.1 Å². The second-order valence-electron chi connectivity index (χ2n) is 9.43.